The van der Waals surface area contributed by atoms with Gasteiger partial charge in [-0.25, -0.2) is 4.90 Å². The van der Waals surface area contributed by atoms with Gasteiger partial charge in [-0.2, -0.15) is 0 Å². The van der Waals surface area contributed by atoms with Crippen LogP contribution in [0.4, 0.5) is 5.69 Å². The van der Waals surface area contributed by atoms with E-state index in [1.54, 1.807) is 42.5 Å². The molecular weight excluding hydrogens is 342 g/mol. The molecule has 1 N–H and O–H groups in total. The number of aliphatic hydroxyl groups excluding tert-OH is 1. The molecule has 1 heterocycles. The monoisotopic (exact) mass is 357 g/mol. The van der Waals surface area contributed by atoms with E-state index in [9.17, 15) is 14.7 Å². The minimum absolute atomic E-state index is 0.0199. The molecule has 3 rings (SSSR count). The summed E-state index contributed by atoms with van der Waals surface area (Å²) >= 11 is 5.93. The highest BCUT2D eigenvalue weighted by molar-refractivity contribution is 6.45. The van der Waals surface area contributed by atoms with Crippen LogP contribution < -0.4 is 9.64 Å². The van der Waals surface area contributed by atoms with Crippen molar-refractivity contribution in [3.05, 3.63) is 64.9 Å². The number of amides is 2. The van der Waals surface area contributed by atoms with Crippen molar-refractivity contribution in [1.29, 1.82) is 0 Å². The summed E-state index contributed by atoms with van der Waals surface area (Å²) < 4.78 is 5.55. The van der Waals surface area contributed by atoms with Gasteiger partial charge in [0.2, 0.25) is 0 Å². The zero-order valence-corrected chi connectivity index (χ0v) is 14.4. The van der Waals surface area contributed by atoms with Crippen LogP contribution in [-0.4, -0.2) is 23.0 Å². The van der Waals surface area contributed by atoms with Crippen molar-refractivity contribution in [3.8, 4) is 5.75 Å². The fourth-order valence-electron chi connectivity index (χ4n) is 2.60. The number of imide groups is 1. The van der Waals surface area contributed by atoms with E-state index in [0.717, 1.165) is 4.90 Å². The maximum atomic E-state index is 12.7. The first-order valence-electron chi connectivity index (χ1n) is 7.73. The van der Waals surface area contributed by atoms with Crippen LogP contribution in [0.5, 0.6) is 5.75 Å². The van der Waals surface area contributed by atoms with E-state index >= 15 is 0 Å². The number of carbonyl (C=O) groups excluding carboxylic acids is 2. The first-order chi connectivity index (χ1) is 11.9. The number of hydrogen-bond acceptors (Lipinski definition) is 4. The highest BCUT2D eigenvalue weighted by Crippen LogP contribution is 2.33. The van der Waals surface area contributed by atoms with Gasteiger partial charge in [-0.1, -0.05) is 29.8 Å². The Morgan fingerprint density at radius 1 is 1.04 bits per heavy atom. The van der Waals surface area contributed by atoms with Crippen LogP contribution in [0.25, 0.3) is 5.57 Å². The van der Waals surface area contributed by atoms with E-state index in [0.29, 0.717) is 22.0 Å². The summed E-state index contributed by atoms with van der Waals surface area (Å²) in [6, 6.07) is 13.0. The second-order valence-electron chi connectivity index (χ2n) is 5.84. The molecule has 0 atom stereocenters. The van der Waals surface area contributed by atoms with E-state index in [1.165, 1.54) is 6.07 Å². The Hall–Kier alpha value is -2.79. The lowest BCUT2D eigenvalue weighted by Gasteiger charge is -2.15. The predicted molar refractivity (Wildman–Crippen MR) is 95.7 cm³/mol. The third kappa shape index (κ3) is 3.23. The van der Waals surface area contributed by atoms with Gasteiger partial charge in [-0.05, 0) is 49.7 Å². The van der Waals surface area contributed by atoms with Crippen LogP contribution >= 0.6 is 11.6 Å². The molecule has 0 radical (unpaired) electrons. The van der Waals surface area contributed by atoms with Crippen LogP contribution in [0, 0.1) is 0 Å². The molecule has 25 heavy (non-hydrogen) atoms. The normalized spacial score (nSPS) is 14.6. The number of rotatable bonds is 4. The van der Waals surface area contributed by atoms with Crippen molar-refractivity contribution < 1.29 is 19.4 Å². The Labute approximate surface area is 150 Å². The predicted octanol–water partition coefficient (Wildman–Crippen LogP) is 3.97. The highest BCUT2D eigenvalue weighted by atomic mass is 35.5. The Kier molecular flexibility index (Phi) is 4.51. The second-order valence-corrected chi connectivity index (χ2v) is 6.28. The van der Waals surface area contributed by atoms with E-state index in [4.69, 9.17) is 16.3 Å². The maximum Gasteiger partial charge on any atom is 0.301 e. The van der Waals surface area contributed by atoms with Gasteiger partial charge in [0.15, 0.2) is 5.76 Å². The molecule has 2 aromatic rings. The van der Waals surface area contributed by atoms with Crippen molar-refractivity contribution in [1.82, 2.24) is 0 Å². The summed E-state index contributed by atoms with van der Waals surface area (Å²) in [7, 11) is 0. The molecule has 1 aliphatic heterocycles. The second kappa shape index (κ2) is 6.61. The number of anilines is 1. The number of halogens is 1. The van der Waals surface area contributed by atoms with E-state index in [1.807, 2.05) is 13.8 Å². The molecule has 2 aromatic carbocycles. The minimum atomic E-state index is -0.773. The molecular formula is C19H16ClNO4. The Morgan fingerprint density at radius 3 is 2.32 bits per heavy atom. The highest BCUT2D eigenvalue weighted by Gasteiger charge is 2.40. The lowest BCUT2D eigenvalue weighted by atomic mass is 10.1. The fraction of sp³-hybridized carbons (Fsp3) is 0.158. The SMILES string of the molecule is CC(C)Oc1ccc(C2=C(O)C(=O)N(c3cccc(Cl)c3)C2=O)cc1. The average Bonchev–Trinajstić information content (AvgIpc) is 2.78. The van der Waals surface area contributed by atoms with Gasteiger partial charge in [-0.15, -0.1) is 0 Å². The summed E-state index contributed by atoms with van der Waals surface area (Å²) in [4.78, 5) is 26.0. The van der Waals surface area contributed by atoms with Gasteiger partial charge in [0, 0.05) is 5.02 Å². The van der Waals surface area contributed by atoms with Gasteiger partial charge in [0.25, 0.3) is 5.91 Å². The smallest absolute Gasteiger partial charge is 0.301 e. The van der Waals surface area contributed by atoms with Gasteiger partial charge in [0.05, 0.1) is 17.4 Å². The average molecular weight is 358 g/mol. The Balaban J connectivity index is 1.94. The van der Waals surface area contributed by atoms with Crippen molar-refractivity contribution in [2.75, 3.05) is 4.90 Å². The molecule has 0 spiro atoms. The minimum Gasteiger partial charge on any atom is -0.502 e. The quantitative estimate of drug-likeness (QED) is 0.841. The Morgan fingerprint density at radius 2 is 1.72 bits per heavy atom. The molecule has 0 saturated heterocycles. The van der Waals surface area contributed by atoms with Gasteiger partial charge in [0.1, 0.15) is 5.75 Å². The molecule has 6 heteroatoms. The van der Waals surface area contributed by atoms with Crippen LogP contribution in [0.2, 0.25) is 5.02 Å². The van der Waals surface area contributed by atoms with E-state index < -0.39 is 17.6 Å². The number of hydrogen-bond donors (Lipinski definition) is 1. The number of ether oxygens (including phenoxy) is 1. The molecule has 0 unspecified atom stereocenters. The van der Waals surface area contributed by atoms with Crippen molar-refractivity contribution in [2.45, 2.75) is 20.0 Å². The van der Waals surface area contributed by atoms with Crippen LogP contribution in [0.1, 0.15) is 19.4 Å². The van der Waals surface area contributed by atoms with Crippen LogP contribution in [0.3, 0.4) is 0 Å². The summed E-state index contributed by atoms with van der Waals surface area (Å²) in [5, 5.41) is 10.6. The van der Waals surface area contributed by atoms with Gasteiger partial charge < -0.3 is 9.84 Å². The number of carbonyl (C=O) groups is 2. The summed E-state index contributed by atoms with van der Waals surface area (Å²) in [6.45, 7) is 3.81. The summed E-state index contributed by atoms with van der Waals surface area (Å²) in [6.07, 6.45) is 0.0199. The molecule has 2 amide bonds. The third-order valence-electron chi connectivity index (χ3n) is 3.64. The molecule has 0 fully saturated rings. The maximum absolute atomic E-state index is 12.7. The number of benzene rings is 2. The molecule has 1 aliphatic rings. The van der Waals surface area contributed by atoms with Crippen molar-refractivity contribution >= 4 is 34.7 Å². The zero-order valence-electron chi connectivity index (χ0n) is 13.7. The lowest BCUT2D eigenvalue weighted by Crippen LogP contribution is -2.31. The van der Waals surface area contributed by atoms with Crippen LogP contribution in [0.15, 0.2) is 54.3 Å². The topological polar surface area (TPSA) is 66.8 Å². The fourth-order valence-corrected chi connectivity index (χ4v) is 2.78. The Bertz CT molecular complexity index is 871. The standard InChI is InChI=1S/C19H16ClNO4/c1-11(2)25-15-8-6-12(7-9-15)16-17(22)19(24)21(18(16)23)14-5-3-4-13(20)10-14/h3-11,22H,1-2H3. The van der Waals surface area contributed by atoms with E-state index in [2.05, 4.69) is 0 Å². The molecule has 0 aliphatic carbocycles. The third-order valence-corrected chi connectivity index (χ3v) is 3.88. The van der Waals surface area contributed by atoms with Gasteiger partial charge >= 0.3 is 5.91 Å². The van der Waals surface area contributed by atoms with Crippen LogP contribution in [-0.2, 0) is 9.59 Å². The van der Waals surface area contributed by atoms with E-state index in [-0.39, 0.29) is 11.7 Å². The van der Waals surface area contributed by atoms with Gasteiger partial charge in [-0.3, -0.25) is 9.59 Å². The lowest BCUT2D eigenvalue weighted by molar-refractivity contribution is -0.121. The molecule has 0 saturated carbocycles. The van der Waals surface area contributed by atoms with Crippen molar-refractivity contribution in [2.24, 2.45) is 0 Å². The zero-order chi connectivity index (χ0) is 18.1. The first-order valence-corrected chi connectivity index (χ1v) is 8.11. The molecule has 0 bridgehead atoms. The molecule has 5 nitrogen and oxygen atoms in total. The first kappa shape index (κ1) is 17.0. The summed E-state index contributed by atoms with van der Waals surface area (Å²) in [5.74, 6) is -1.31. The van der Waals surface area contributed by atoms with Crippen molar-refractivity contribution in [3.63, 3.8) is 0 Å². The number of nitrogens with zero attached hydrogens (tertiary/aromatic N) is 1. The molecule has 128 valence electrons. The number of aliphatic hydroxyl groups is 1. The largest absolute Gasteiger partial charge is 0.502 e. The summed E-state index contributed by atoms with van der Waals surface area (Å²) in [5.41, 5.74) is 0.710. The molecule has 0 aromatic heterocycles.